The summed E-state index contributed by atoms with van der Waals surface area (Å²) in [6, 6.07) is 0. The van der Waals surface area contributed by atoms with Gasteiger partial charge in [0.25, 0.3) is 0 Å². The maximum Gasteiger partial charge on any atom is 0.330 e. The molecule has 0 aromatic carbocycles. The predicted octanol–water partition coefficient (Wildman–Crippen LogP) is 0.702. The average Bonchev–Trinajstić information content (AvgIpc) is 2.34. The minimum Gasteiger partial charge on any atom is -0.462 e. The Morgan fingerprint density at radius 2 is 1.80 bits per heavy atom. The second kappa shape index (κ2) is 8.01. The molecule has 6 nitrogen and oxygen atoms in total. The van der Waals surface area contributed by atoms with E-state index in [9.17, 15) is 19.8 Å². The second-order valence-electron chi connectivity index (χ2n) is 5.10. The molecule has 1 aliphatic heterocycles. The summed E-state index contributed by atoms with van der Waals surface area (Å²) < 4.78 is 10.2. The molecule has 0 saturated heterocycles. The topological polar surface area (TPSA) is 93.1 Å². The van der Waals surface area contributed by atoms with Gasteiger partial charge in [0.2, 0.25) is 0 Å². The Hall–Kier alpha value is -1.40. The van der Waals surface area contributed by atoms with Crippen molar-refractivity contribution in [3.05, 3.63) is 12.2 Å². The third-order valence-corrected chi connectivity index (χ3v) is 3.03. The molecule has 4 atom stereocenters. The van der Waals surface area contributed by atoms with Crippen LogP contribution >= 0.6 is 0 Å². The molecule has 1 aliphatic rings. The number of ether oxygens (including phenoxy) is 2. The summed E-state index contributed by atoms with van der Waals surface area (Å²) in [5.74, 6) is -0.945. The summed E-state index contributed by atoms with van der Waals surface area (Å²) in [7, 11) is 0. The van der Waals surface area contributed by atoms with Gasteiger partial charge in [-0.15, -0.1) is 0 Å². The van der Waals surface area contributed by atoms with E-state index in [4.69, 9.17) is 9.47 Å². The zero-order chi connectivity index (χ0) is 15.1. The van der Waals surface area contributed by atoms with Crippen molar-refractivity contribution in [1.29, 1.82) is 0 Å². The van der Waals surface area contributed by atoms with E-state index in [1.165, 1.54) is 6.08 Å². The Bertz CT molecular complexity index is 365. The molecule has 0 fully saturated rings. The fourth-order valence-corrected chi connectivity index (χ4v) is 1.93. The summed E-state index contributed by atoms with van der Waals surface area (Å²) in [4.78, 5) is 23.0. The largest absolute Gasteiger partial charge is 0.462 e. The number of aliphatic hydroxyl groups is 2. The summed E-state index contributed by atoms with van der Waals surface area (Å²) in [5, 5.41) is 19.5. The molecule has 0 unspecified atom stereocenters. The first-order valence-corrected chi connectivity index (χ1v) is 6.81. The first-order valence-electron chi connectivity index (χ1n) is 6.81. The third kappa shape index (κ3) is 6.16. The quantitative estimate of drug-likeness (QED) is 0.637. The molecule has 0 spiro atoms. The molecule has 114 valence electrons. The van der Waals surface area contributed by atoms with E-state index in [0.717, 1.165) is 0 Å². The van der Waals surface area contributed by atoms with Gasteiger partial charge in [-0.05, 0) is 20.3 Å². The highest BCUT2D eigenvalue weighted by Crippen LogP contribution is 2.13. The van der Waals surface area contributed by atoms with Gasteiger partial charge in [0.15, 0.2) is 0 Å². The van der Waals surface area contributed by atoms with Gasteiger partial charge in [0, 0.05) is 25.3 Å². The van der Waals surface area contributed by atoms with Gasteiger partial charge >= 0.3 is 11.9 Å². The Morgan fingerprint density at radius 1 is 1.10 bits per heavy atom. The van der Waals surface area contributed by atoms with Crippen LogP contribution in [-0.2, 0) is 19.1 Å². The monoisotopic (exact) mass is 286 g/mol. The van der Waals surface area contributed by atoms with E-state index in [1.807, 2.05) is 0 Å². The lowest BCUT2D eigenvalue weighted by Gasteiger charge is -2.21. The smallest absolute Gasteiger partial charge is 0.330 e. The minimum atomic E-state index is -1.05. The van der Waals surface area contributed by atoms with Crippen LogP contribution in [0.25, 0.3) is 0 Å². The molecule has 1 rings (SSSR count). The maximum absolute atomic E-state index is 11.5. The van der Waals surface area contributed by atoms with Crippen molar-refractivity contribution in [3.63, 3.8) is 0 Å². The van der Waals surface area contributed by atoms with Crippen LogP contribution in [0.3, 0.4) is 0 Å². The van der Waals surface area contributed by atoms with Gasteiger partial charge in [0.05, 0.1) is 12.2 Å². The van der Waals surface area contributed by atoms with E-state index >= 15 is 0 Å². The first kappa shape index (κ1) is 16.7. The molecule has 0 saturated carbocycles. The van der Waals surface area contributed by atoms with Gasteiger partial charge in [-0.2, -0.15) is 0 Å². The number of hydrogen-bond acceptors (Lipinski definition) is 6. The summed E-state index contributed by atoms with van der Waals surface area (Å²) in [6.45, 7) is 3.36. The molecule has 1 heterocycles. The number of carbonyl (C=O) groups excluding carboxylic acids is 2. The van der Waals surface area contributed by atoms with Gasteiger partial charge < -0.3 is 19.7 Å². The fraction of sp³-hybridized carbons (Fsp3) is 0.714. The average molecular weight is 286 g/mol. The molecule has 0 radical (unpaired) electrons. The SMILES string of the molecule is C[C@@H]1C[C@@H](O)[C@H](O)CCC(=O)O[C@H](C)C/C=C/C(=O)O1. The van der Waals surface area contributed by atoms with Gasteiger partial charge in [-0.1, -0.05) is 6.08 Å². The Labute approximate surface area is 118 Å². The highest BCUT2D eigenvalue weighted by atomic mass is 16.5. The van der Waals surface area contributed by atoms with Crippen LogP contribution in [0.5, 0.6) is 0 Å². The molecule has 2 N–H and O–H groups in total. The summed E-state index contributed by atoms with van der Waals surface area (Å²) in [6.07, 6.45) is 0.598. The van der Waals surface area contributed by atoms with Crippen molar-refractivity contribution in [1.82, 2.24) is 0 Å². The second-order valence-corrected chi connectivity index (χ2v) is 5.10. The molecular formula is C14H22O6. The van der Waals surface area contributed by atoms with Crippen LogP contribution < -0.4 is 0 Å². The van der Waals surface area contributed by atoms with E-state index in [1.54, 1.807) is 19.9 Å². The van der Waals surface area contributed by atoms with Crippen molar-refractivity contribution >= 4 is 11.9 Å². The van der Waals surface area contributed by atoms with Crippen molar-refractivity contribution in [3.8, 4) is 0 Å². The van der Waals surface area contributed by atoms with Gasteiger partial charge in [-0.25, -0.2) is 4.79 Å². The molecule has 0 aromatic rings. The number of cyclic esters (lactones) is 2. The predicted molar refractivity (Wildman–Crippen MR) is 70.7 cm³/mol. The van der Waals surface area contributed by atoms with Crippen molar-refractivity contribution in [2.45, 2.75) is 63.9 Å². The van der Waals surface area contributed by atoms with Crippen LogP contribution in [0.4, 0.5) is 0 Å². The number of esters is 2. The number of rotatable bonds is 0. The molecule has 0 bridgehead atoms. The standard InChI is InChI=1S/C14H22O6/c1-9-4-3-5-13(17)20-10(2)8-12(16)11(15)6-7-14(18)19-9/h3,5,9-12,15-16H,4,6-8H2,1-2H3/b5-3+/t9-,10-,11-,12-/m1/s1. The van der Waals surface area contributed by atoms with Crippen LogP contribution in [0, 0.1) is 0 Å². The Balaban J connectivity index is 2.70. The number of aliphatic hydroxyl groups excluding tert-OH is 2. The minimum absolute atomic E-state index is 0.0421. The van der Waals surface area contributed by atoms with Crippen molar-refractivity contribution in [2.75, 3.05) is 0 Å². The highest BCUT2D eigenvalue weighted by molar-refractivity contribution is 5.82. The molecule has 20 heavy (non-hydrogen) atoms. The van der Waals surface area contributed by atoms with E-state index in [-0.39, 0.29) is 25.4 Å². The van der Waals surface area contributed by atoms with Crippen LogP contribution in [-0.4, -0.2) is 46.6 Å². The lowest BCUT2D eigenvalue weighted by molar-refractivity contribution is -0.149. The lowest BCUT2D eigenvalue weighted by Crippen LogP contribution is -2.31. The summed E-state index contributed by atoms with van der Waals surface area (Å²) in [5.41, 5.74) is 0. The maximum atomic E-state index is 11.5. The Morgan fingerprint density at radius 3 is 2.50 bits per heavy atom. The molecule has 0 amide bonds. The lowest BCUT2D eigenvalue weighted by atomic mass is 10.0. The zero-order valence-electron chi connectivity index (χ0n) is 11.8. The Kier molecular flexibility index (Phi) is 6.67. The van der Waals surface area contributed by atoms with Crippen LogP contribution in [0.15, 0.2) is 12.2 Å². The zero-order valence-corrected chi connectivity index (χ0v) is 11.8. The fourth-order valence-electron chi connectivity index (χ4n) is 1.93. The number of carbonyl (C=O) groups is 2. The van der Waals surface area contributed by atoms with E-state index < -0.39 is 30.3 Å². The summed E-state index contributed by atoms with van der Waals surface area (Å²) >= 11 is 0. The van der Waals surface area contributed by atoms with Crippen LogP contribution in [0.2, 0.25) is 0 Å². The third-order valence-electron chi connectivity index (χ3n) is 3.03. The van der Waals surface area contributed by atoms with Crippen molar-refractivity contribution < 1.29 is 29.3 Å². The van der Waals surface area contributed by atoms with Gasteiger partial charge in [0.1, 0.15) is 12.2 Å². The van der Waals surface area contributed by atoms with Gasteiger partial charge in [-0.3, -0.25) is 4.79 Å². The van der Waals surface area contributed by atoms with Crippen molar-refractivity contribution in [2.24, 2.45) is 0 Å². The molecule has 6 heteroatoms. The highest BCUT2D eigenvalue weighted by Gasteiger charge is 2.22. The van der Waals surface area contributed by atoms with E-state index in [2.05, 4.69) is 0 Å². The van der Waals surface area contributed by atoms with E-state index in [0.29, 0.717) is 6.42 Å². The normalized spacial score (nSPS) is 35.6. The number of hydrogen-bond donors (Lipinski definition) is 2. The first-order chi connectivity index (χ1) is 9.38. The molecule has 0 aromatic heterocycles. The van der Waals surface area contributed by atoms with Crippen LogP contribution in [0.1, 0.15) is 39.5 Å². The molecule has 0 aliphatic carbocycles. The molecular weight excluding hydrogens is 264 g/mol.